The molecule has 2 aromatic carbocycles. The van der Waals surface area contributed by atoms with E-state index in [-0.39, 0.29) is 17.7 Å². The first-order valence-corrected chi connectivity index (χ1v) is 11.7. The van der Waals surface area contributed by atoms with E-state index in [1.807, 2.05) is 35.2 Å². The van der Waals surface area contributed by atoms with Gasteiger partial charge < -0.3 is 14.7 Å². The minimum atomic E-state index is -0.241. The van der Waals surface area contributed by atoms with Crippen LogP contribution in [-0.2, 0) is 16.1 Å². The van der Waals surface area contributed by atoms with Crippen molar-refractivity contribution in [1.82, 2.24) is 14.7 Å². The van der Waals surface area contributed by atoms with Gasteiger partial charge in [0.25, 0.3) is 0 Å². The lowest BCUT2D eigenvalue weighted by atomic mass is 10.1. The number of benzene rings is 2. The predicted octanol–water partition coefficient (Wildman–Crippen LogP) is 2.71. The van der Waals surface area contributed by atoms with Gasteiger partial charge >= 0.3 is 0 Å². The standard InChI is InChI=1S/C26H34N4O2/c1-27-21-23(19-25(27)31)26(32)30(24-11-6-3-7-12-24)14-8-13-28-15-17-29(18-16-28)20-22-9-4-2-5-10-22/h2-7,9-12,23H,8,13-21H2,1H3. The highest BCUT2D eigenvalue weighted by Crippen LogP contribution is 2.23. The first-order chi connectivity index (χ1) is 15.6. The molecule has 0 radical (unpaired) electrons. The summed E-state index contributed by atoms with van der Waals surface area (Å²) in [6.45, 7) is 7.48. The molecule has 2 aliphatic heterocycles. The lowest BCUT2D eigenvalue weighted by molar-refractivity contribution is -0.127. The monoisotopic (exact) mass is 434 g/mol. The van der Waals surface area contributed by atoms with Gasteiger partial charge in [0.15, 0.2) is 0 Å². The number of carbonyl (C=O) groups is 2. The number of para-hydroxylation sites is 1. The summed E-state index contributed by atoms with van der Waals surface area (Å²) >= 11 is 0. The van der Waals surface area contributed by atoms with E-state index >= 15 is 0 Å². The third-order valence-electron chi connectivity index (χ3n) is 6.59. The van der Waals surface area contributed by atoms with Crippen LogP contribution in [0.3, 0.4) is 0 Å². The Hall–Kier alpha value is -2.70. The summed E-state index contributed by atoms with van der Waals surface area (Å²) in [5.41, 5.74) is 2.29. The number of anilines is 1. The highest BCUT2D eigenvalue weighted by atomic mass is 16.2. The second kappa shape index (κ2) is 10.7. The second-order valence-corrected chi connectivity index (χ2v) is 8.96. The van der Waals surface area contributed by atoms with E-state index in [1.54, 1.807) is 11.9 Å². The fourth-order valence-corrected chi connectivity index (χ4v) is 4.69. The Kier molecular flexibility index (Phi) is 7.55. The van der Waals surface area contributed by atoms with E-state index < -0.39 is 0 Å². The maximum absolute atomic E-state index is 13.3. The third-order valence-corrected chi connectivity index (χ3v) is 6.59. The Morgan fingerprint density at radius 2 is 1.56 bits per heavy atom. The molecule has 2 aliphatic rings. The maximum atomic E-state index is 13.3. The first kappa shape index (κ1) is 22.5. The lowest BCUT2D eigenvalue weighted by Gasteiger charge is -2.35. The van der Waals surface area contributed by atoms with Gasteiger partial charge in [0.05, 0.1) is 5.92 Å². The van der Waals surface area contributed by atoms with E-state index in [2.05, 4.69) is 40.1 Å². The van der Waals surface area contributed by atoms with Gasteiger partial charge in [0.2, 0.25) is 11.8 Å². The Morgan fingerprint density at radius 1 is 0.938 bits per heavy atom. The fraction of sp³-hybridized carbons (Fsp3) is 0.462. The molecular weight excluding hydrogens is 400 g/mol. The third kappa shape index (κ3) is 5.75. The van der Waals surface area contributed by atoms with Crippen LogP contribution in [0.1, 0.15) is 18.4 Å². The maximum Gasteiger partial charge on any atom is 0.232 e. The summed E-state index contributed by atoms with van der Waals surface area (Å²) in [4.78, 5) is 33.8. The quantitative estimate of drug-likeness (QED) is 0.641. The van der Waals surface area contributed by atoms with Gasteiger partial charge in [-0.1, -0.05) is 48.5 Å². The molecule has 2 fully saturated rings. The number of rotatable bonds is 8. The minimum absolute atomic E-state index is 0.0599. The molecule has 4 rings (SSSR count). The molecule has 6 heteroatoms. The molecular formula is C26H34N4O2. The van der Waals surface area contributed by atoms with Crippen LogP contribution in [0.5, 0.6) is 0 Å². The lowest BCUT2D eigenvalue weighted by Crippen LogP contribution is -2.46. The number of hydrogen-bond acceptors (Lipinski definition) is 4. The molecule has 0 N–H and O–H groups in total. The molecule has 1 unspecified atom stereocenters. The number of carbonyl (C=O) groups excluding carboxylic acids is 2. The van der Waals surface area contributed by atoms with Gasteiger partial charge in [-0.25, -0.2) is 0 Å². The first-order valence-electron chi connectivity index (χ1n) is 11.7. The summed E-state index contributed by atoms with van der Waals surface area (Å²) in [5.74, 6) is -0.111. The molecule has 0 spiro atoms. The predicted molar refractivity (Wildman–Crippen MR) is 127 cm³/mol. The smallest absolute Gasteiger partial charge is 0.232 e. The molecule has 1 atom stereocenters. The summed E-state index contributed by atoms with van der Waals surface area (Å²) < 4.78 is 0. The van der Waals surface area contributed by atoms with Crippen LogP contribution >= 0.6 is 0 Å². The van der Waals surface area contributed by atoms with E-state index in [0.717, 1.165) is 51.4 Å². The van der Waals surface area contributed by atoms with Crippen molar-refractivity contribution in [3.63, 3.8) is 0 Å². The van der Waals surface area contributed by atoms with Crippen LogP contribution in [0.15, 0.2) is 60.7 Å². The molecule has 6 nitrogen and oxygen atoms in total. The van der Waals surface area contributed by atoms with Crippen LogP contribution in [0.4, 0.5) is 5.69 Å². The summed E-state index contributed by atoms with van der Waals surface area (Å²) in [5, 5.41) is 0. The van der Waals surface area contributed by atoms with Gasteiger partial charge in [-0.05, 0) is 30.7 Å². The van der Waals surface area contributed by atoms with Gasteiger partial charge in [-0.15, -0.1) is 0 Å². The topological polar surface area (TPSA) is 47.1 Å². The van der Waals surface area contributed by atoms with E-state index in [0.29, 0.717) is 19.5 Å². The Labute approximate surface area is 191 Å². The van der Waals surface area contributed by atoms with Crippen molar-refractivity contribution in [2.75, 3.05) is 57.8 Å². The zero-order valence-corrected chi connectivity index (χ0v) is 19.0. The molecule has 0 aromatic heterocycles. The van der Waals surface area contributed by atoms with Crippen LogP contribution in [0, 0.1) is 5.92 Å². The van der Waals surface area contributed by atoms with Gasteiger partial charge in [0.1, 0.15) is 0 Å². The van der Waals surface area contributed by atoms with E-state index in [9.17, 15) is 9.59 Å². The normalized spacial score (nSPS) is 20.0. The van der Waals surface area contributed by atoms with Crippen molar-refractivity contribution in [1.29, 1.82) is 0 Å². The van der Waals surface area contributed by atoms with Crippen LogP contribution < -0.4 is 4.90 Å². The number of amides is 2. The van der Waals surface area contributed by atoms with E-state index in [1.165, 1.54) is 5.56 Å². The average Bonchev–Trinajstić information content (AvgIpc) is 3.17. The molecule has 0 bridgehead atoms. The largest absolute Gasteiger partial charge is 0.345 e. The SMILES string of the molecule is CN1CC(C(=O)N(CCCN2CCN(Cc3ccccc3)CC2)c2ccccc2)CC1=O. The van der Waals surface area contributed by atoms with Crippen molar-refractivity contribution >= 4 is 17.5 Å². The van der Waals surface area contributed by atoms with Gasteiger partial charge in [0, 0.05) is 65.0 Å². The molecule has 2 heterocycles. The highest BCUT2D eigenvalue weighted by molar-refractivity contribution is 5.98. The van der Waals surface area contributed by atoms with Gasteiger partial charge in [-0.2, -0.15) is 0 Å². The van der Waals surface area contributed by atoms with E-state index in [4.69, 9.17) is 0 Å². The highest BCUT2D eigenvalue weighted by Gasteiger charge is 2.35. The molecule has 0 saturated carbocycles. The number of nitrogens with zero attached hydrogens (tertiary/aromatic N) is 4. The van der Waals surface area contributed by atoms with Crippen molar-refractivity contribution in [2.45, 2.75) is 19.4 Å². The van der Waals surface area contributed by atoms with Crippen LogP contribution in [-0.4, -0.2) is 79.4 Å². The number of hydrogen-bond donors (Lipinski definition) is 0. The molecule has 2 amide bonds. The van der Waals surface area contributed by atoms with Crippen LogP contribution in [0.2, 0.25) is 0 Å². The Morgan fingerprint density at radius 3 is 2.19 bits per heavy atom. The minimum Gasteiger partial charge on any atom is -0.345 e. The number of likely N-dealkylation sites (tertiary alicyclic amines) is 1. The molecule has 2 aromatic rings. The Balaban J connectivity index is 1.27. The second-order valence-electron chi connectivity index (χ2n) is 8.96. The summed E-state index contributed by atoms with van der Waals surface area (Å²) in [6.07, 6.45) is 1.25. The summed E-state index contributed by atoms with van der Waals surface area (Å²) in [6, 6.07) is 20.5. The zero-order chi connectivity index (χ0) is 22.3. The van der Waals surface area contributed by atoms with Crippen LogP contribution in [0.25, 0.3) is 0 Å². The fourth-order valence-electron chi connectivity index (χ4n) is 4.69. The van der Waals surface area contributed by atoms with Crippen molar-refractivity contribution in [3.05, 3.63) is 66.2 Å². The number of piperazine rings is 1. The molecule has 0 aliphatic carbocycles. The van der Waals surface area contributed by atoms with Gasteiger partial charge in [-0.3, -0.25) is 14.5 Å². The molecule has 170 valence electrons. The zero-order valence-electron chi connectivity index (χ0n) is 19.0. The average molecular weight is 435 g/mol. The molecule has 32 heavy (non-hydrogen) atoms. The summed E-state index contributed by atoms with van der Waals surface area (Å²) in [7, 11) is 1.78. The van der Waals surface area contributed by atoms with Crippen molar-refractivity contribution in [2.24, 2.45) is 5.92 Å². The Bertz CT molecular complexity index is 881. The van der Waals surface area contributed by atoms with Crippen molar-refractivity contribution in [3.8, 4) is 0 Å². The molecule has 2 saturated heterocycles. The van der Waals surface area contributed by atoms with Crippen molar-refractivity contribution < 1.29 is 9.59 Å².